The number of hydrogen-bond acceptors (Lipinski definition) is 7. The van der Waals surface area contributed by atoms with E-state index in [1.807, 2.05) is 42.5 Å². The molecule has 2 aromatic carbocycles. The van der Waals surface area contributed by atoms with E-state index in [4.69, 9.17) is 16.3 Å². The van der Waals surface area contributed by atoms with Crippen molar-refractivity contribution in [3.05, 3.63) is 48.0 Å². The van der Waals surface area contributed by atoms with E-state index in [-0.39, 0.29) is 6.10 Å². The van der Waals surface area contributed by atoms with Crippen LogP contribution in [-0.4, -0.2) is 36.6 Å². The summed E-state index contributed by atoms with van der Waals surface area (Å²) in [6.45, 7) is 4.51. The average Bonchev–Trinajstić information content (AvgIpc) is 3.15. The summed E-state index contributed by atoms with van der Waals surface area (Å²) in [6.07, 6.45) is 4.05. The fourth-order valence-electron chi connectivity index (χ4n) is 4.07. The summed E-state index contributed by atoms with van der Waals surface area (Å²) in [7, 11) is 1.69. The summed E-state index contributed by atoms with van der Waals surface area (Å²) in [5, 5.41) is 10.9. The summed E-state index contributed by atoms with van der Waals surface area (Å²) in [4.78, 5) is 13.5. The van der Waals surface area contributed by atoms with Crippen LogP contribution in [0.25, 0.3) is 22.2 Å². The molecule has 9 heteroatoms. The number of hydrazine groups is 1. The zero-order valence-electron chi connectivity index (χ0n) is 21.0. The predicted molar refractivity (Wildman–Crippen MR) is 142 cm³/mol. The molecule has 1 heterocycles. The first kappa shape index (κ1) is 26.6. The van der Waals surface area contributed by atoms with Gasteiger partial charge in [0.15, 0.2) is 0 Å². The van der Waals surface area contributed by atoms with E-state index in [0.29, 0.717) is 42.6 Å². The first-order valence-corrected chi connectivity index (χ1v) is 12.0. The molecule has 3 aromatic rings. The lowest BCUT2D eigenvalue weighted by Gasteiger charge is -2.30. The van der Waals surface area contributed by atoms with Crippen LogP contribution in [0.15, 0.2) is 47.5 Å². The second kappa shape index (κ2) is 12.6. The highest BCUT2D eigenvalue weighted by Crippen LogP contribution is 2.43. The van der Waals surface area contributed by atoms with Gasteiger partial charge in [0.25, 0.3) is 6.47 Å². The van der Waals surface area contributed by atoms with E-state index >= 15 is 0 Å². The number of carbonyl (C=O) groups excluding carboxylic acids is 1. The number of nitriles is 1. The Morgan fingerprint density at radius 2 is 2.00 bits per heavy atom. The molecule has 0 unspecified atom stereocenters. The number of rotatable bonds is 8. The van der Waals surface area contributed by atoms with Gasteiger partial charge in [-0.2, -0.15) is 5.26 Å². The number of carbonyl (C=O) groups is 1. The number of nitrogens with one attached hydrogen (secondary N) is 1. The molecule has 1 aliphatic carbocycles. The minimum absolute atomic E-state index is 0.0301. The number of nitrogen functional groups attached to an aromatic ring is 1. The number of benzene rings is 2. The van der Waals surface area contributed by atoms with Crippen molar-refractivity contribution in [3.8, 4) is 23.1 Å². The molecule has 1 fully saturated rings. The summed E-state index contributed by atoms with van der Waals surface area (Å²) < 4.78 is 12.6. The SMILES string of the molecule is CC(C)OC=O.CN=C(CCOc1ccc2c(C#N)c(-c3ccc(N)cc3)n(C3CCC3)c2c1)NN. The lowest BCUT2D eigenvalue weighted by molar-refractivity contribution is -0.131. The number of ether oxygens (including phenoxy) is 2. The Hall–Kier alpha value is -4.03. The van der Waals surface area contributed by atoms with E-state index in [0.717, 1.165) is 40.8 Å². The number of amidine groups is 1. The third kappa shape index (κ3) is 6.15. The van der Waals surface area contributed by atoms with Gasteiger partial charge < -0.3 is 25.2 Å². The molecule has 36 heavy (non-hydrogen) atoms. The molecule has 4 rings (SSSR count). The first-order valence-electron chi connectivity index (χ1n) is 12.0. The Morgan fingerprint density at radius 3 is 2.50 bits per heavy atom. The van der Waals surface area contributed by atoms with Crippen molar-refractivity contribution in [2.75, 3.05) is 19.4 Å². The standard InChI is InChI=1S/C23H26N6O.C4H8O2/c1-27-22(28-26)11-12-30-18-9-10-19-20(14-24)23(15-5-7-16(25)8-6-15)29(21(19)13-18)17-3-2-4-17;1-4(2)6-3-5/h5-10,13,17H,2-4,11-12,25-26H2,1H3,(H,27,28);3-4H,1-2H3. The fourth-order valence-corrected chi connectivity index (χ4v) is 4.07. The molecular formula is C27H34N6O3. The Morgan fingerprint density at radius 1 is 1.28 bits per heavy atom. The van der Waals surface area contributed by atoms with Gasteiger partial charge in [-0.25, -0.2) is 5.84 Å². The zero-order valence-corrected chi connectivity index (χ0v) is 21.0. The van der Waals surface area contributed by atoms with Gasteiger partial charge in [0, 0.05) is 36.7 Å². The van der Waals surface area contributed by atoms with Gasteiger partial charge in [-0.1, -0.05) is 12.1 Å². The summed E-state index contributed by atoms with van der Waals surface area (Å²) in [5.41, 5.74) is 12.9. The molecule has 0 saturated heterocycles. The highest BCUT2D eigenvalue weighted by Gasteiger charge is 2.28. The Kier molecular flexibility index (Phi) is 9.31. The molecular weight excluding hydrogens is 456 g/mol. The molecule has 0 spiro atoms. The normalized spacial score (nSPS) is 13.4. The number of aliphatic imine (C=N–C) groups is 1. The van der Waals surface area contributed by atoms with E-state index in [9.17, 15) is 10.1 Å². The minimum Gasteiger partial charge on any atom is -0.493 e. The number of fused-ring (bicyclic) bond motifs is 1. The highest BCUT2D eigenvalue weighted by atomic mass is 16.5. The van der Waals surface area contributed by atoms with E-state index < -0.39 is 0 Å². The molecule has 190 valence electrons. The van der Waals surface area contributed by atoms with Crippen LogP contribution in [0.3, 0.4) is 0 Å². The van der Waals surface area contributed by atoms with Crippen LogP contribution < -0.4 is 21.7 Å². The van der Waals surface area contributed by atoms with Crippen molar-refractivity contribution in [2.24, 2.45) is 10.8 Å². The van der Waals surface area contributed by atoms with Crippen LogP contribution in [-0.2, 0) is 9.53 Å². The molecule has 0 amide bonds. The van der Waals surface area contributed by atoms with Crippen LogP contribution in [0.2, 0.25) is 0 Å². The molecule has 0 atom stereocenters. The molecule has 5 N–H and O–H groups in total. The zero-order chi connectivity index (χ0) is 26.1. The topological polar surface area (TPSA) is 141 Å². The molecule has 0 aliphatic heterocycles. The average molecular weight is 491 g/mol. The maximum atomic E-state index is 9.99. The maximum Gasteiger partial charge on any atom is 0.293 e. The molecule has 9 nitrogen and oxygen atoms in total. The monoisotopic (exact) mass is 490 g/mol. The minimum atomic E-state index is 0.0301. The van der Waals surface area contributed by atoms with E-state index in [1.165, 1.54) is 6.42 Å². The maximum absolute atomic E-state index is 9.99. The van der Waals surface area contributed by atoms with Crippen LogP contribution in [0.4, 0.5) is 5.69 Å². The molecule has 1 aliphatic rings. The fraction of sp³-hybridized carbons (Fsp3) is 0.370. The number of nitrogens with two attached hydrogens (primary N) is 2. The summed E-state index contributed by atoms with van der Waals surface area (Å²) in [6, 6.07) is 16.5. The third-order valence-corrected chi connectivity index (χ3v) is 6.08. The molecule has 0 bridgehead atoms. The van der Waals surface area contributed by atoms with Crippen molar-refractivity contribution < 1.29 is 14.3 Å². The number of aromatic nitrogens is 1. The van der Waals surface area contributed by atoms with Crippen LogP contribution in [0.1, 0.15) is 51.1 Å². The molecule has 1 aromatic heterocycles. The van der Waals surface area contributed by atoms with Gasteiger partial charge in [-0.05, 0) is 62.9 Å². The number of hydrogen-bond donors (Lipinski definition) is 3. The molecule has 1 saturated carbocycles. The van der Waals surface area contributed by atoms with Crippen LogP contribution >= 0.6 is 0 Å². The Bertz CT molecular complexity index is 1240. The Labute approximate surface area is 211 Å². The van der Waals surface area contributed by atoms with Crippen molar-refractivity contribution in [3.63, 3.8) is 0 Å². The van der Waals surface area contributed by atoms with Gasteiger partial charge in [0.1, 0.15) is 17.7 Å². The van der Waals surface area contributed by atoms with Gasteiger partial charge >= 0.3 is 0 Å². The highest BCUT2D eigenvalue weighted by molar-refractivity contribution is 5.95. The van der Waals surface area contributed by atoms with Crippen molar-refractivity contribution in [2.45, 2.75) is 51.7 Å². The quantitative estimate of drug-likeness (QED) is 0.107. The lowest BCUT2D eigenvalue weighted by Crippen LogP contribution is -2.31. The second-order valence-corrected chi connectivity index (χ2v) is 8.79. The van der Waals surface area contributed by atoms with Crippen molar-refractivity contribution in [1.29, 1.82) is 5.26 Å². The third-order valence-electron chi connectivity index (χ3n) is 6.08. The Balaban J connectivity index is 0.000000538. The predicted octanol–water partition coefficient (Wildman–Crippen LogP) is 4.32. The van der Waals surface area contributed by atoms with Crippen molar-refractivity contribution >= 4 is 28.9 Å². The number of nitrogens with zero attached hydrogens (tertiary/aromatic N) is 3. The molecule has 0 radical (unpaired) electrons. The lowest BCUT2D eigenvalue weighted by atomic mass is 9.92. The number of anilines is 1. The summed E-state index contributed by atoms with van der Waals surface area (Å²) >= 11 is 0. The van der Waals surface area contributed by atoms with E-state index in [2.05, 4.69) is 25.8 Å². The van der Waals surface area contributed by atoms with Gasteiger partial charge in [0.05, 0.1) is 29.5 Å². The van der Waals surface area contributed by atoms with Gasteiger partial charge in [-0.3, -0.25) is 9.79 Å². The van der Waals surface area contributed by atoms with Crippen molar-refractivity contribution in [1.82, 2.24) is 9.99 Å². The van der Waals surface area contributed by atoms with Gasteiger partial charge in [0.2, 0.25) is 0 Å². The van der Waals surface area contributed by atoms with E-state index in [1.54, 1.807) is 20.9 Å². The summed E-state index contributed by atoms with van der Waals surface area (Å²) in [5.74, 6) is 6.88. The van der Waals surface area contributed by atoms with Gasteiger partial charge in [-0.15, -0.1) is 0 Å². The smallest absolute Gasteiger partial charge is 0.293 e. The van der Waals surface area contributed by atoms with Crippen LogP contribution in [0, 0.1) is 11.3 Å². The second-order valence-electron chi connectivity index (χ2n) is 8.79. The first-order chi connectivity index (χ1) is 17.4. The van der Waals surface area contributed by atoms with Crippen LogP contribution in [0.5, 0.6) is 5.75 Å². The largest absolute Gasteiger partial charge is 0.493 e.